The summed E-state index contributed by atoms with van der Waals surface area (Å²) in [6.45, 7) is 2.77. The predicted molar refractivity (Wildman–Crippen MR) is 86.9 cm³/mol. The number of rotatable bonds is 8. The third kappa shape index (κ3) is 4.80. The van der Waals surface area contributed by atoms with Gasteiger partial charge in [0.25, 0.3) is 5.69 Å². The lowest BCUT2D eigenvalue weighted by Gasteiger charge is -2.15. The first-order chi connectivity index (χ1) is 10.6. The van der Waals surface area contributed by atoms with Gasteiger partial charge in [-0.15, -0.1) is 11.6 Å². The van der Waals surface area contributed by atoms with Gasteiger partial charge in [-0.3, -0.25) is 14.8 Å². The highest BCUT2D eigenvalue weighted by Crippen LogP contribution is 2.32. The van der Waals surface area contributed by atoms with E-state index in [0.29, 0.717) is 18.7 Å². The zero-order chi connectivity index (χ0) is 17.8. The highest BCUT2D eigenvalue weighted by molar-refractivity contribution is 7.92. The van der Waals surface area contributed by atoms with Crippen LogP contribution in [0.3, 0.4) is 0 Å². The van der Waals surface area contributed by atoms with Crippen molar-refractivity contribution in [2.75, 3.05) is 16.4 Å². The van der Waals surface area contributed by atoms with Gasteiger partial charge < -0.3 is 5.11 Å². The average molecular weight is 365 g/mol. The number of nitrogens with one attached hydrogen (secondary N) is 1. The lowest BCUT2D eigenvalue weighted by Crippen LogP contribution is -2.19. The Balaban J connectivity index is 3.34. The Labute approximate surface area is 138 Å². The van der Waals surface area contributed by atoms with Gasteiger partial charge in [0.15, 0.2) is 0 Å². The van der Waals surface area contributed by atoms with E-state index in [0.717, 1.165) is 6.07 Å². The smallest absolute Gasteiger partial charge is 0.336 e. The molecule has 0 saturated heterocycles. The highest BCUT2D eigenvalue weighted by Gasteiger charge is 2.25. The predicted octanol–water partition coefficient (Wildman–Crippen LogP) is 2.67. The lowest BCUT2D eigenvalue weighted by molar-refractivity contribution is -0.385. The van der Waals surface area contributed by atoms with Gasteiger partial charge in [-0.05, 0) is 32.3 Å². The minimum atomic E-state index is -3.76. The highest BCUT2D eigenvalue weighted by atomic mass is 35.5. The van der Waals surface area contributed by atoms with Crippen LogP contribution >= 0.6 is 11.6 Å². The SMILES string of the molecule is Cc1c(C(=O)O)cc([N+](=O)[O-])c(C)c1NS(=O)(=O)CCCCCl. The normalized spacial score (nSPS) is 11.3. The van der Waals surface area contributed by atoms with Crippen molar-refractivity contribution in [2.45, 2.75) is 26.7 Å². The standard InChI is InChI=1S/C13H17ClN2O6S/c1-8-10(13(17)18)7-11(16(19)20)9(2)12(8)15-23(21,22)6-4-3-5-14/h7,15H,3-6H2,1-2H3,(H,17,18). The largest absolute Gasteiger partial charge is 0.478 e. The van der Waals surface area contributed by atoms with Crippen LogP contribution in [0.1, 0.15) is 34.3 Å². The van der Waals surface area contributed by atoms with E-state index in [4.69, 9.17) is 16.7 Å². The van der Waals surface area contributed by atoms with Gasteiger partial charge in [-0.2, -0.15) is 0 Å². The number of hydrogen-bond donors (Lipinski definition) is 2. The second-order valence-corrected chi connectivity index (χ2v) is 7.17. The van der Waals surface area contributed by atoms with Crippen molar-refractivity contribution in [1.82, 2.24) is 0 Å². The summed E-state index contributed by atoms with van der Waals surface area (Å²) in [4.78, 5) is 21.5. The van der Waals surface area contributed by atoms with Crippen LogP contribution in [0.2, 0.25) is 0 Å². The van der Waals surface area contributed by atoms with Crippen molar-refractivity contribution >= 4 is 39.0 Å². The number of hydrogen-bond acceptors (Lipinski definition) is 5. The van der Waals surface area contributed by atoms with Crippen molar-refractivity contribution in [3.63, 3.8) is 0 Å². The molecule has 0 saturated carbocycles. The van der Waals surface area contributed by atoms with E-state index in [1.165, 1.54) is 13.8 Å². The van der Waals surface area contributed by atoms with E-state index in [2.05, 4.69) is 4.72 Å². The van der Waals surface area contributed by atoms with Crippen molar-refractivity contribution in [1.29, 1.82) is 0 Å². The van der Waals surface area contributed by atoms with Gasteiger partial charge in [-0.1, -0.05) is 0 Å². The van der Waals surface area contributed by atoms with Gasteiger partial charge in [0.2, 0.25) is 10.0 Å². The van der Waals surface area contributed by atoms with Crippen LogP contribution in [0.15, 0.2) is 6.07 Å². The number of nitrogens with zero attached hydrogens (tertiary/aromatic N) is 1. The summed E-state index contributed by atoms with van der Waals surface area (Å²) in [6, 6.07) is 0.929. The Bertz CT molecular complexity index is 694. The number of halogens is 1. The fourth-order valence-corrected chi connectivity index (χ4v) is 3.55. The molecule has 1 rings (SSSR count). The number of sulfonamides is 1. The Morgan fingerprint density at radius 3 is 2.43 bits per heavy atom. The summed E-state index contributed by atoms with van der Waals surface area (Å²) in [5, 5.41) is 20.2. The minimum absolute atomic E-state index is 0.0672. The summed E-state index contributed by atoms with van der Waals surface area (Å²) >= 11 is 5.50. The molecule has 1 aromatic rings. The molecule has 1 aromatic carbocycles. The fraction of sp³-hybridized carbons (Fsp3) is 0.462. The summed E-state index contributed by atoms with van der Waals surface area (Å²) in [7, 11) is -3.76. The van der Waals surface area contributed by atoms with E-state index >= 15 is 0 Å². The Hall–Kier alpha value is -1.87. The molecule has 0 unspecified atom stereocenters. The molecule has 0 bridgehead atoms. The third-order valence-electron chi connectivity index (χ3n) is 3.30. The molecular formula is C13H17ClN2O6S. The number of unbranched alkanes of at least 4 members (excludes halogenated alkanes) is 1. The van der Waals surface area contributed by atoms with Gasteiger partial charge in [0.05, 0.1) is 27.5 Å². The number of nitro benzene ring substituents is 1. The monoisotopic (exact) mass is 364 g/mol. The van der Waals surface area contributed by atoms with Crippen molar-refractivity contribution in [3.05, 3.63) is 32.9 Å². The van der Waals surface area contributed by atoms with Crippen LogP contribution in [0.4, 0.5) is 11.4 Å². The first kappa shape index (κ1) is 19.2. The third-order valence-corrected chi connectivity index (χ3v) is 4.91. The van der Waals surface area contributed by atoms with Crippen LogP contribution in [-0.2, 0) is 10.0 Å². The average Bonchev–Trinajstić information content (AvgIpc) is 2.43. The Morgan fingerprint density at radius 2 is 1.96 bits per heavy atom. The maximum Gasteiger partial charge on any atom is 0.336 e. The first-order valence-electron chi connectivity index (χ1n) is 6.69. The molecular weight excluding hydrogens is 348 g/mol. The second-order valence-electron chi connectivity index (χ2n) is 4.95. The van der Waals surface area contributed by atoms with Crippen molar-refractivity contribution in [2.24, 2.45) is 0 Å². The minimum Gasteiger partial charge on any atom is -0.478 e. The molecule has 0 radical (unpaired) electrons. The summed E-state index contributed by atoms with van der Waals surface area (Å²) in [5.41, 5.74) is -0.644. The molecule has 0 aliphatic carbocycles. The van der Waals surface area contributed by atoms with E-state index < -0.39 is 26.6 Å². The second kappa shape index (κ2) is 7.60. The maximum atomic E-state index is 12.1. The number of carbonyl (C=O) groups is 1. The molecule has 0 aliphatic rings. The first-order valence-corrected chi connectivity index (χ1v) is 8.87. The lowest BCUT2D eigenvalue weighted by atomic mass is 10.0. The molecule has 23 heavy (non-hydrogen) atoms. The van der Waals surface area contributed by atoms with Crippen molar-refractivity contribution in [3.8, 4) is 0 Å². The molecule has 0 aliphatic heterocycles. The number of nitro groups is 1. The number of alkyl halides is 1. The molecule has 128 valence electrons. The molecule has 10 heteroatoms. The Morgan fingerprint density at radius 1 is 1.35 bits per heavy atom. The van der Waals surface area contributed by atoms with Crippen LogP contribution < -0.4 is 4.72 Å². The van der Waals surface area contributed by atoms with Crippen LogP contribution in [0, 0.1) is 24.0 Å². The molecule has 0 fully saturated rings. The summed E-state index contributed by atoms with van der Waals surface area (Å²) in [5.74, 6) is -1.25. The zero-order valence-electron chi connectivity index (χ0n) is 12.6. The van der Waals surface area contributed by atoms with Gasteiger partial charge in [-0.25, -0.2) is 13.2 Å². The quantitative estimate of drug-likeness (QED) is 0.316. The van der Waals surface area contributed by atoms with Gasteiger partial charge in [0, 0.05) is 11.9 Å². The number of carboxylic acid groups (broad SMARTS) is 1. The molecule has 0 aromatic heterocycles. The summed E-state index contributed by atoms with van der Waals surface area (Å²) in [6.07, 6.45) is 0.841. The van der Waals surface area contributed by atoms with Gasteiger partial charge in [0.1, 0.15) is 0 Å². The summed E-state index contributed by atoms with van der Waals surface area (Å²) < 4.78 is 26.4. The topological polar surface area (TPSA) is 127 Å². The van der Waals surface area contributed by atoms with E-state index in [9.17, 15) is 23.3 Å². The van der Waals surface area contributed by atoms with E-state index in [-0.39, 0.29) is 28.1 Å². The zero-order valence-corrected chi connectivity index (χ0v) is 14.2. The van der Waals surface area contributed by atoms with Crippen molar-refractivity contribution < 1.29 is 23.2 Å². The van der Waals surface area contributed by atoms with E-state index in [1.54, 1.807) is 0 Å². The molecule has 0 atom stereocenters. The Kier molecular flexibility index (Phi) is 6.34. The number of anilines is 1. The van der Waals surface area contributed by atoms with Crippen LogP contribution in [-0.4, -0.2) is 36.0 Å². The number of benzene rings is 1. The van der Waals surface area contributed by atoms with Crippen LogP contribution in [0.25, 0.3) is 0 Å². The number of carboxylic acids is 1. The molecule has 8 nitrogen and oxygen atoms in total. The maximum absolute atomic E-state index is 12.1. The molecule has 0 amide bonds. The number of aromatic carboxylic acids is 1. The fourth-order valence-electron chi connectivity index (χ4n) is 2.06. The van der Waals surface area contributed by atoms with E-state index in [1.807, 2.05) is 0 Å². The van der Waals surface area contributed by atoms with Gasteiger partial charge >= 0.3 is 5.97 Å². The molecule has 0 spiro atoms. The molecule has 2 N–H and O–H groups in total. The molecule has 0 heterocycles. The van der Waals surface area contributed by atoms with Crippen LogP contribution in [0.5, 0.6) is 0 Å².